The first-order chi connectivity index (χ1) is 10.6. The number of anilines is 1. The maximum Gasteiger partial charge on any atom is 0.317 e. The third kappa shape index (κ3) is 2.80. The molecule has 1 unspecified atom stereocenters. The molecule has 2 aromatic rings. The average Bonchev–Trinajstić information content (AvgIpc) is 2.60. The Bertz CT molecular complexity index is 718. The van der Waals surface area contributed by atoms with Gasteiger partial charge in [-0.1, -0.05) is 35.9 Å². The van der Waals surface area contributed by atoms with Crippen LogP contribution in [0.25, 0.3) is 0 Å². The molecule has 0 amide bonds. The summed E-state index contributed by atoms with van der Waals surface area (Å²) in [7, 11) is 2.03. The van der Waals surface area contributed by atoms with Crippen molar-refractivity contribution < 1.29 is 9.90 Å². The van der Waals surface area contributed by atoms with E-state index in [0.717, 1.165) is 28.9 Å². The van der Waals surface area contributed by atoms with Crippen LogP contribution in [0.4, 0.5) is 5.69 Å². The molecule has 22 heavy (non-hydrogen) atoms. The molecule has 0 aliphatic carbocycles. The average molecular weight is 317 g/mol. The van der Waals surface area contributed by atoms with Gasteiger partial charge in [0.2, 0.25) is 0 Å². The molecular formula is C17H17ClN2O2. The Hall–Kier alpha value is -2.04. The second-order valence-electron chi connectivity index (χ2n) is 5.47. The summed E-state index contributed by atoms with van der Waals surface area (Å²) in [5, 5.41) is 12.8. The molecule has 0 bridgehead atoms. The van der Waals surface area contributed by atoms with Gasteiger partial charge >= 0.3 is 5.97 Å². The molecule has 0 fully saturated rings. The summed E-state index contributed by atoms with van der Waals surface area (Å²) in [5.74, 6) is -0.870. The zero-order valence-corrected chi connectivity index (χ0v) is 13.0. The van der Waals surface area contributed by atoms with E-state index in [4.69, 9.17) is 16.7 Å². The zero-order chi connectivity index (χ0) is 15.7. The van der Waals surface area contributed by atoms with Crippen molar-refractivity contribution in [2.75, 3.05) is 18.5 Å². The number of para-hydroxylation sites is 1. The Morgan fingerprint density at radius 1 is 1.32 bits per heavy atom. The van der Waals surface area contributed by atoms with Crippen molar-refractivity contribution in [1.29, 1.82) is 0 Å². The number of nitrogens with one attached hydrogen (secondary N) is 1. The van der Waals surface area contributed by atoms with Gasteiger partial charge in [0.1, 0.15) is 0 Å². The van der Waals surface area contributed by atoms with E-state index in [0.29, 0.717) is 5.02 Å². The number of hydrogen-bond donors (Lipinski definition) is 2. The van der Waals surface area contributed by atoms with Crippen LogP contribution in [0.3, 0.4) is 0 Å². The van der Waals surface area contributed by atoms with Crippen LogP contribution >= 0.6 is 11.6 Å². The monoisotopic (exact) mass is 316 g/mol. The molecule has 1 aliphatic heterocycles. The highest BCUT2D eigenvalue weighted by Crippen LogP contribution is 2.37. The number of carboxylic acid groups (broad SMARTS) is 1. The van der Waals surface area contributed by atoms with Gasteiger partial charge in [-0.2, -0.15) is 0 Å². The normalized spacial score (nSPS) is 16.6. The molecule has 2 aromatic carbocycles. The lowest BCUT2D eigenvalue weighted by Crippen LogP contribution is -2.28. The minimum atomic E-state index is -0.870. The van der Waals surface area contributed by atoms with E-state index in [9.17, 15) is 4.79 Å². The predicted molar refractivity (Wildman–Crippen MR) is 87.5 cm³/mol. The van der Waals surface area contributed by atoms with Crippen molar-refractivity contribution >= 4 is 23.3 Å². The first-order valence-electron chi connectivity index (χ1n) is 7.10. The summed E-state index contributed by atoms with van der Waals surface area (Å²) >= 11 is 6.13. The molecule has 5 heteroatoms. The molecule has 3 rings (SSSR count). The van der Waals surface area contributed by atoms with Crippen LogP contribution in [0.1, 0.15) is 22.7 Å². The van der Waals surface area contributed by atoms with E-state index in [1.165, 1.54) is 0 Å². The fourth-order valence-corrected chi connectivity index (χ4v) is 3.18. The Morgan fingerprint density at radius 3 is 2.86 bits per heavy atom. The zero-order valence-electron chi connectivity index (χ0n) is 12.2. The van der Waals surface area contributed by atoms with Crippen LogP contribution in [-0.2, 0) is 11.3 Å². The quantitative estimate of drug-likeness (QED) is 0.914. The molecule has 1 atom stereocenters. The SMILES string of the molecule is CN1Cc2cc(Cl)ccc2C(NCC(=O)O)c2ccccc21. The maximum absolute atomic E-state index is 11.0. The van der Waals surface area contributed by atoms with Crippen LogP contribution in [-0.4, -0.2) is 24.7 Å². The first-order valence-corrected chi connectivity index (χ1v) is 7.47. The molecule has 0 radical (unpaired) electrons. The lowest BCUT2D eigenvalue weighted by atomic mass is 9.95. The van der Waals surface area contributed by atoms with Gasteiger partial charge in [-0.15, -0.1) is 0 Å². The summed E-state index contributed by atoms with van der Waals surface area (Å²) in [6.45, 7) is 0.642. The summed E-state index contributed by atoms with van der Waals surface area (Å²) < 4.78 is 0. The van der Waals surface area contributed by atoms with E-state index >= 15 is 0 Å². The third-order valence-electron chi connectivity index (χ3n) is 3.94. The molecule has 4 nitrogen and oxygen atoms in total. The summed E-state index contributed by atoms with van der Waals surface area (Å²) in [6, 6.07) is 13.7. The van der Waals surface area contributed by atoms with Crippen molar-refractivity contribution in [2.24, 2.45) is 0 Å². The number of aliphatic carboxylic acids is 1. The van der Waals surface area contributed by atoms with Gasteiger partial charge in [0.25, 0.3) is 0 Å². The Morgan fingerprint density at radius 2 is 2.09 bits per heavy atom. The van der Waals surface area contributed by atoms with Crippen LogP contribution in [0.2, 0.25) is 5.02 Å². The van der Waals surface area contributed by atoms with Gasteiger partial charge in [0.15, 0.2) is 0 Å². The highest BCUT2D eigenvalue weighted by Gasteiger charge is 2.25. The van der Waals surface area contributed by atoms with Gasteiger partial charge in [0.05, 0.1) is 12.6 Å². The molecule has 2 N–H and O–H groups in total. The molecular weight excluding hydrogens is 300 g/mol. The van der Waals surface area contributed by atoms with Crippen molar-refractivity contribution in [3.8, 4) is 0 Å². The number of carboxylic acids is 1. The molecule has 0 saturated heterocycles. The van der Waals surface area contributed by atoms with Crippen LogP contribution in [0.15, 0.2) is 42.5 Å². The Labute approximate surface area is 134 Å². The Balaban J connectivity index is 2.13. The fraction of sp³-hybridized carbons (Fsp3) is 0.235. The minimum absolute atomic E-state index is 0.0925. The number of fused-ring (bicyclic) bond motifs is 2. The third-order valence-corrected chi connectivity index (χ3v) is 4.18. The van der Waals surface area contributed by atoms with Crippen molar-refractivity contribution in [3.63, 3.8) is 0 Å². The number of carbonyl (C=O) groups is 1. The van der Waals surface area contributed by atoms with Gasteiger partial charge < -0.3 is 10.0 Å². The van der Waals surface area contributed by atoms with E-state index in [-0.39, 0.29) is 12.6 Å². The summed E-state index contributed by atoms with van der Waals surface area (Å²) in [4.78, 5) is 13.1. The van der Waals surface area contributed by atoms with E-state index < -0.39 is 5.97 Å². The van der Waals surface area contributed by atoms with Gasteiger partial charge in [-0.05, 0) is 34.9 Å². The van der Waals surface area contributed by atoms with Crippen LogP contribution < -0.4 is 10.2 Å². The molecule has 0 aromatic heterocycles. The molecule has 1 heterocycles. The molecule has 0 saturated carbocycles. The Kier molecular flexibility index (Phi) is 4.05. The van der Waals surface area contributed by atoms with E-state index in [1.54, 1.807) is 0 Å². The second-order valence-corrected chi connectivity index (χ2v) is 5.90. The smallest absolute Gasteiger partial charge is 0.317 e. The minimum Gasteiger partial charge on any atom is -0.480 e. The topological polar surface area (TPSA) is 52.6 Å². The maximum atomic E-state index is 11.0. The highest BCUT2D eigenvalue weighted by molar-refractivity contribution is 6.30. The lowest BCUT2D eigenvalue weighted by molar-refractivity contribution is -0.136. The lowest BCUT2D eigenvalue weighted by Gasteiger charge is -2.22. The molecule has 1 aliphatic rings. The van der Waals surface area contributed by atoms with Crippen LogP contribution in [0.5, 0.6) is 0 Å². The predicted octanol–water partition coefficient (Wildman–Crippen LogP) is 3.05. The largest absolute Gasteiger partial charge is 0.480 e. The number of hydrogen-bond acceptors (Lipinski definition) is 3. The number of nitrogens with zero attached hydrogens (tertiary/aromatic N) is 1. The summed E-state index contributed by atoms with van der Waals surface area (Å²) in [5.41, 5.74) is 4.35. The number of halogens is 1. The summed E-state index contributed by atoms with van der Waals surface area (Å²) in [6.07, 6.45) is 0. The van der Waals surface area contributed by atoms with Gasteiger partial charge in [0, 0.05) is 24.3 Å². The van der Waals surface area contributed by atoms with Crippen molar-refractivity contribution in [2.45, 2.75) is 12.6 Å². The van der Waals surface area contributed by atoms with Crippen molar-refractivity contribution in [1.82, 2.24) is 5.32 Å². The molecule has 114 valence electrons. The van der Waals surface area contributed by atoms with E-state index in [2.05, 4.69) is 16.3 Å². The van der Waals surface area contributed by atoms with Gasteiger partial charge in [-0.3, -0.25) is 10.1 Å². The number of rotatable bonds is 3. The standard InChI is InChI=1S/C17H17ClN2O2/c1-20-10-11-8-12(18)6-7-13(11)17(19-9-16(21)22)14-4-2-3-5-15(14)20/h2-8,17,19H,9-10H2,1H3,(H,21,22). The fourth-order valence-electron chi connectivity index (χ4n) is 2.99. The first kappa shape index (κ1) is 14.9. The van der Waals surface area contributed by atoms with Crippen molar-refractivity contribution in [3.05, 3.63) is 64.2 Å². The number of benzene rings is 2. The molecule has 0 spiro atoms. The van der Waals surface area contributed by atoms with Crippen LogP contribution in [0, 0.1) is 0 Å². The van der Waals surface area contributed by atoms with E-state index in [1.807, 2.05) is 43.4 Å². The second kappa shape index (κ2) is 5.99. The van der Waals surface area contributed by atoms with Gasteiger partial charge in [-0.25, -0.2) is 0 Å². The highest BCUT2D eigenvalue weighted by atomic mass is 35.5.